The summed E-state index contributed by atoms with van der Waals surface area (Å²) in [6, 6.07) is 0. The molecule has 1 saturated heterocycles. The molecule has 0 aromatic rings. The Labute approximate surface area is 131 Å². The van der Waals surface area contributed by atoms with Crippen LogP contribution < -0.4 is 0 Å². The van der Waals surface area contributed by atoms with E-state index in [9.17, 15) is 0 Å². The maximum Gasteiger partial charge on any atom is 0.0772 e. The summed E-state index contributed by atoms with van der Waals surface area (Å²) in [4.78, 5) is 0. The molecule has 1 heterocycles. The van der Waals surface area contributed by atoms with E-state index in [1.165, 1.54) is 51.4 Å². The molecule has 3 saturated carbocycles. The lowest BCUT2D eigenvalue weighted by Gasteiger charge is -2.62. The van der Waals surface area contributed by atoms with Crippen molar-refractivity contribution in [3.8, 4) is 0 Å². The third-order valence-electron chi connectivity index (χ3n) is 8.60. The Morgan fingerprint density at radius 2 is 1.81 bits per heavy atom. The van der Waals surface area contributed by atoms with Gasteiger partial charge in [0.05, 0.1) is 12.2 Å². The fraction of sp³-hybridized carbons (Fsp3) is 1.00. The predicted molar refractivity (Wildman–Crippen MR) is 87.1 cm³/mol. The normalized spacial score (nSPS) is 56.1. The molecule has 21 heavy (non-hydrogen) atoms. The van der Waals surface area contributed by atoms with Gasteiger partial charge < -0.3 is 4.74 Å². The van der Waals surface area contributed by atoms with E-state index in [2.05, 4.69) is 27.7 Å². The minimum absolute atomic E-state index is 0.255. The van der Waals surface area contributed by atoms with Crippen LogP contribution in [0.2, 0.25) is 0 Å². The van der Waals surface area contributed by atoms with Gasteiger partial charge in [-0.25, -0.2) is 0 Å². The van der Waals surface area contributed by atoms with Crippen LogP contribution in [0.5, 0.6) is 0 Å². The van der Waals surface area contributed by atoms with Crippen LogP contribution in [0.1, 0.15) is 79.1 Å². The Kier molecular flexibility index (Phi) is 3.11. The predicted octanol–water partition coefficient (Wildman–Crippen LogP) is 5.43. The van der Waals surface area contributed by atoms with Gasteiger partial charge in [0, 0.05) is 0 Å². The molecule has 0 radical (unpaired) electrons. The molecule has 6 unspecified atom stereocenters. The van der Waals surface area contributed by atoms with Crippen LogP contribution in [0.3, 0.4) is 0 Å². The second-order valence-electron chi connectivity index (χ2n) is 9.71. The highest BCUT2D eigenvalue weighted by Gasteiger charge is 2.69. The van der Waals surface area contributed by atoms with E-state index < -0.39 is 0 Å². The summed E-state index contributed by atoms with van der Waals surface area (Å²) in [7, 11) is 0. The van der Waals surface area contributed by atoms with Crippen LogP contribution in [0.25, 0.3) is 0 Å². The largest absolute Gasteiger partial charge is 0.374 e. The molecule has 6 atom stereocenters. The molecule has 4 rings (SSSR count). The van der Waals surface area contributed by atoms with Crippen molar-refractivity contribution in [3.63, 3.8) is 0 Å². The van der Waals surface area contributed by atoms with Crippen molar-refractivity contribution in [3.05, 3.63) is 0 Å². The summed E-state index contributed by atoms with van der Waals surface area (Å²) >= 11 is 0. The van der Waals surface area contributed by atoms with Gasteiger partial charge in [-0.3, -0.25) is 0 Å². The first-order valence-electron chi connectivity index (χ1n) is 9.55. The van der Waals surface area contributed by atoms with E-state index >= 15 is 0 Å². The van der Waals surface area contributed by atoms with Crippen molar-refractivity contribution in [2.45, 2.75) is 84.7 Å². The third kappa shape index (κ3) is 1.73. The molecule has 4 aliphatic rings. The number of rotatable bonds is 1. The minimum Gasteiger partial charge on any atom is -0.374 e. The van der Waals surface area contributed by atoms with Crippen molar-refractivity contribution in [1.82, 2.24) is 0 Å². The second-order valence-corrected chi connectivity index (χ2v) is 9.71. The van der Waals surface area contributed by atoms with Crippen molar-refractivity contribution < 1.29 is 4.74 Å². The maximum absolute atomic E-state index is 6.74. The Balaban J connectivity index is 1.68. The molecule has 4 fully saturated rings. The van der Waals surface area contributed by atoms with Crippen molar-refractivity contribution in [2.75, 3.05) is 6.61 Å². The number of hydrogen-bond donors (Lipinski definition) is 0. The van der Waals surface area contributed by atoms with Crippen molar-refractivity contribution in [1.29, 1.82) is 0 Å². The van der Waals surface area contributed by atoms with E-state index in [-0.39, 0.29) is 5.60 Å². The topological polar surface area (TPSA) is 9.23 Å². The first-order chi connectivity index (χ1) is 9.91. The average Bonchev–Trinajstić information content (AvgIpc) is 2.62. The lowest BCUT2D eigenvalue weighted by atomic mass is 9.43. The van der Waals surface area contributed by atoms with Gasteiger partial charge in [0.2, 0.25) is 0 Å². The highest BCUT2D eigenvalue weighted by Crippen LogP contribution is 2.70. The summed E-state index contributed by atoms with van der Waals surface area (Å²) in [6.07, 6.45) is 11.4. The Morgan fingerprint density at radius 3 is 2.57 bits per heavy atom. The van der Waals surface area contributed by atoms with Crippen LogP contribution in [-0.4, -0.2) is 12.2 Å². The zero-order chi connectivity index (χ0) is 14.9. The molecule has 0 aromatic carbocycles. The first-order valence-corrected chi connectivity index (χ1v) is 9.55. The standard InChI is InChI=1S/C20H34O/c1-14(2)15-8-11-19(4)16(12-15)6-7-17-18(3)9-5-10-20(17,19)21-13-18/h14-17H,5-13H2,1-4H3. The monoisotopic (exact) mass is 290 g/mol. The molecule has 120 valence electrons. The van der Waals surface area contributed by atoms with Gasteiger partial charge in [-0.15, -0.1) is 0 Å². The lowest BCUT2D eigenvalue weighted by Crippen LogP contribution is -2.62. The van der Waals surface area contributed by atoms with Crippen LogP contribution in [0, 0.1) is 34.5 Å². The number of fused-ring (bicyclic) bond motifs is 1. The average molecular weight is 290 g/mol. The molecule has 2 bridgehead atoms. The molecule has 0 spiro atoms. The molecule has 0 N–H and O–H groups in total. The number of hydrogen-bond acceptors (Lipinski definition) is 1. The second kappa shape index (κ2) is 4.49. The van der Waals surface area contributed by atoms with Crippen LogP contribution in [0.15, 0.2) is 0 Å². The molecule has 3 aliphatic carbocycles. The van der Waals surface area contributed by atoms with Gasteiger partial charge in [0.25, 0.3) is 0 Å². The molecule has 1 heteroatoms. The van der Waals surface area contributed by atoms with Gasteiger partial charge in [-0.05, 0) is 85.9 Å². The molecule has 1 nitrogen and oxygen atoms in total. The SMILES string of the molecule is CC(C)C1CCC2(C)C(CCC3C4(C)CCCC32OC4)C1. The van der Waals surface area contributed by atoms with E-state index in [1.807, 2.05) is 0 Å². The van der Waals surface area contributed by atoms with E-state index in [4.69, 9.17) is 4.74 Å². The fourth-order valence-electron chi connectivity index (χ4n) is 7.14. The Bertz CT molecular complexity index is 430. The van der Waals surface area contributed by atoms with Crippen LogP contribution in [0.4, 0.5) is 0 Å². The highest BCUT2D eigenvalue weighted by atomic mass is 16.5. The molecular weight excluding hydrogens is 256 g/mol. The van der Waals surface area contributed by atoms with Crippen molar-refractivity contribution >= 4 is 0 Å². The van der Waals surface area contributed by atoms with E-state index in [1.54, 1.807) is 0 Å². The van der Waals surface area contributed by atoms with Crippen molar-refractivity contribution in [2.24, 2.45) is 34.5 Å². The molecule has 1 aliphatic heterocycles. The van der Waals surface area contributed by atoms with Gasteiger partial charge in [-0.1, -0.05) is 27.7 Å². The zero-order valence-corrected chi connectivity index (χ0v) is 14.6. The summed E-state index contributed by atoms with van der Waals surface area (Å²) in [5, 5.41) is 0. The smallest absolute Gasteiger partial charge is 0.0772 e. The zero-order valence-electron chi connectivity index (χ0n) is 14.6. The fourth-order valence-corrected chi connectivity index (χ4v) is 7.14. The summed E-state index contributed by atoms with van der Waals surface area (Å²) in [6.45, 7) is 11.1. The Morgan fingerprint density at radius 1 is 1.00 bits per heavy atom. The maximum atomic E-state index is 6.74. The number of ether oxygens (including phenoxy) is 1. The van der Waals surface area contributed by atoms with E-state index in [0.29, 0.717) is 10.8 Å². The van der Waals surface area contributed by atoms with Gasteiger partial charge in [0.1, 0.15) is 0 Å². The Hall–Kier alpha value is -0.0400. The van der Waals surface area contributed by atoms with E-state index in [0.717, 1.165) is 30.3 Å². The summed E-state index contributed by atoms with van der Waals surface area (Å²) in [5.74, 6) is 3.62. The van der Waals surface area contributed by atoms with Gasteiger partial charge >= 0.3 is 0 Å². The summed E-state index contributed by atoms with van der Waals surface area (Å²) < 4.78 is 6.74. The minimum atomic E-state index is 0.255. The highest BCUT2D eigenvalue weighted by molar-refractivity contribution is 5.18. The summed E-state index contributed by atoms with van der Waals surface area (Å²) in [5.41, 5.74) is 1.23. The first kappa shape index (κ1) is 14.5. The quantitative estimate of drug-likeness (QED) is 0.625. The molecular formula is C20H34O. The van der Waals surface area contributed by atoms with Gasteiger partial charge in [-0.2, -0.15) is 0 Å². The van der Waals surface area contributed by atoms with Crippen LogP contribution >= 0.6 is 0 Å². The van der Waals surface area contributed by atoms with Crippen LogP contribution in [-0.2, 0) is 4.74 Å². The third-order valence-corrected chi connectivity index (χ3v) is 8.60. The molecule has 0 aromatic heterocycles. The molecule has 0 amide bonds. The lowest BCUT2D eigenvalue weighted by molar-refractivity contribution is -0.197. The van der Waals surface area contributed by atoms with Gasteiger partial charge in [0.15, 0.2) is 0 Å².